The number of nitrogens with zero attached hydrogens (tertiary/aromatic N) is 3. The number of anilines is 1. The molecular formula is C37H44N8O5. The second-order valence-electron chi connectivity index (χ2n) is 13.5. The van der Waals surface area contributed by atoms with Crippen LogP contribution in [0.5, 0.6) is 0 Å². The number of aromatic nitrogens is 4. The molecule has 1 heterocycles. The van der Waals surface area contributed by atoms with E-state index in [1.807, 2.05) is 63.2 Å². The summed E-state index contributed by atoms with van der Waals surface area (Å²) in [4.78, 5) is 51.9. The summed E-state index contributed by atoms with van der Waals surface area (Å²) in [6.07, 6.45) is 2.66. The number of rotatable bonds is 11. The van der Waals surface area contributed by atoms with Gasteiger partial charge in [-0.15, -0.1) is 10.2 Å². The number of nitrogens with one attached hydrogen (secondary N) is 5. The second-order valence-corrected chi connectivity index (χ2v) is 13.5. The van der Waals surface area contributed by atoms with Gasteiger partial charge in [0.05, 0.1) is 0 Å². The van der Waals surface area contributed by atoms with Crippen LogP contribution in [0.4, 0.5) is 10.5 Å². The molecule has 4 amide bonds. The molecule has 1 aliphatic carbocycles. The Bertz CT molecular complexity index is 1760. The average molecular weight is 681 g/mol. The number of carbonyl (C=O) groups excluding carboxylic acids is 4. The fourth-order valence-corrected chi connectivity index (χ4v) is 6.01. The molecule has 0 saturated heterocycles. The highest BCUT2D eigenvalue weighted by molar-refractivity contribution is 6.01. The summed E-state index contributed by atoms with van der Waals surface area (Å²) < 4.78 is 5.34. The van der Waals surface area contributed by atoms with Gasteiger partial charge in [-0.1, -0.05) is 42.5 Å². The molecule has 262 valence electrons. The Morgan fingerprint density at radius 1 is 0.900 bits per heavy atom. The van der Waals surface area contributed by atoms with Crippen molar-refractivity contribution in [3.8, 4) is 22.5 Å². The Labute approximate surface area is 291 Å². The van der Waals surface area contributed by atoms with Gasteiger partial charge in [-0.3, -0.25) is 14.4 Å². The van der Waals surface area contributed by atoms with Gasteiger partial charge >= 0.3 is 6.09 Å². The average Bonchev–Trinajstić information content (AvgIpc) is 3.65. The number of hydrogen-bond donors (Lipinski definition) is 5. The lowest BCUT2D eigenvalue weighted by Gasteiger charge is -2.29. The van der Waals surface area contributed by atoms with E-state index in [1.54, 1.807) is 37.4 Å². The third-order valence-corrected chi connectivity index (χ3v) is 8.64. The Hall–Kier alpha value is -5.59. The number of ether oxygens (including phenoxy) is 1. The minimum Gasteiger partial charge on any atom is -0.444 e. The summed E-state index contributed by atoms with van der Waals surface area (Å²) in [5.74, 6) is -0.274. The Kier molecular flexibility index (Phi) is 11.6. The number of benzene rings is 3. The molecule has 1 fully saturated rings. The van der Waals surface area contributed by atoms with Crippen molar-refractivity contribution < 1.29 is 23.9 Å². The first-order valence-electron chi connectivity index (χ1n) is 16.8. The van der Waals surface area contributed by atoms with Gasteiger partial charge < -0.3 is 26.0 Å². The Morgan fingerprint density at radius 3 is 2.22 bits per heavy atom. The molecular weight excluding hydrogens is 636 g/mol. The van der Waals surface area contributed by atoms with E-state index in [2.05, 4.69) is 41.9 Å². The van der Waals surface area contributed by atoms with Gasteiger partial charge in [0.2, 0.25) is 17.6 Å². The third-order valence-electron chi connectivity index (χ3n) is 8.64. The minimum atomic E-state index is -0.852. The number of hydrogen-bond acceptors (Lipinski definition) is 8. The molecule has 5 rings (SSSR count). The van der Waals surface area contributed by atoms with E-state index in [-0.39, 0.29) is 36.0 Å². The van der Waals surface area contributed by atoms with Crippen LogP contribution in [0.25, 0.3) is 22.5 Å². The molecule has 13 nitrogen and oxygen atoms in total. The van der Waals surface area contributed by atoms with Crippen LogP contribution in [0.15, 0.2) is 72.8 Å². The third kappa shape index (κ3) is 9.74. The van der Waals surface area contributed by atoms with Crippen molar-refractivity contribution in [2.45, 2.75) is 64.5 Å². The highest BCUT2D eigenvalue weighted by atomic mass is 16.6. The number of carbonyl (C=O) groups is 4. The fraction of sp³-hybridized carbons (Fsp3) is 0.378. The van der Waals surface area contributed by atoms with Crippen molar-refractivity contribution in [2.24, 2.45) is 11.8 Å². The maximum Gasteiger partial charge on any atom is 0.407 e. The first kappa shape index (κ1) is 35.7. The zero-order valence-corrected chi connectivity index (χ0v) is 28.8. The lowest BCUT2D eigenvalue weighted by molar-refractivity contribution is -0.130. The van der Waals surface area contributed by atoms with Crippen LogP contribution in [-0.2, 0) is 20.7 Å². The van der Waals surface area contributed by atoms with E-state index < -0.39 is 17.7 Å². The summed E-state index contributed by atoms with van der Waals surface area (Å²) in [7, 11) is 1.60. The van der Waals surface area contributed by atoms with Crippen LogP contribution in [0.3, 0.4) is 0 Å². The van der Waals surface area contributed by atoms with E-state index in [4.69, 9.17) is 4.74 Å². The molecule has 0 aliphatic heterocycles. The summed E-state index contributed by atoms with van der Waals surface area (Å²) in [6.45, 7) is 5.95. The lowest BCUT2D eigenvalue weighted by Crippen LogP contribution is -2.48. The van der Waals surface area contributed by atoms with Crippen molar-refractivity contribution in [1.82, 2.24) is 36.6 Å². The van der Waals surface area contributed by atoms with Crippen LogP contribution >= 0.6 is 0 Å². The summed E-state index contributed by atoms with van der Waals surface area (Å²) >= 11 is 0. The summed E-state index contributed by atoms with van der Waals surface area (Å²) in [6, 6.07) is 21.2. The van der Waals surface area contributed by atoms with Crippen molar-refractivity contribution in [1.29, 1.82) is 0 Å². The molecule has 13 heteroatoms. The number of amides is 4. The lowest BCUT2D eigenvalue weighted by atomic mass is 9.81. The molecule has 0 radical (unpaired) electrons. The maximum atomic E-state index is 13.7. The summed E-state index contributed by atoms with van der Waals surface area (Å²) in [5, 5.41) is 25.5. The first-order chi connectivity index (χ1) is 24.0. The highest BCUT2D eigenvalue weighted by Crippen LogP contribution is 2.29. The largest absolute Gasteiger partial charge is 0.444 e. The van der Waals surface area contributed by atoms with Gasteiger partial charge in [0.25, 0.3) is 5.91 Å². The van der Waals surface area contributed by atoms with E-state index in [0.717, 1.165) is 35.1 Å². The first-order valence-corrected chi connectivity index (χ1v) is 16.8. The molecule has 1 aromatic heterocycles. The molecule has 3 aromatic carbocycles. The van der Waals surface area contributed by atoms with Crippen LogP contribution in [0, 0.1) is 11.8 Å². The van der Waals surface area contributed by atoms with Crippen LogP contribution in [0.2, 0.25) is 0 Å². The highest BCUT2D eigenvalue weighted by Gasteiger charge is 2.30. The fourth-order valence-electron chi connectivity index (χ4n) is 6.01. The molecule has 1 atom stereocenters. The zero-order chi connectivity index (χ0) is 35.7. The number of alkyl carbamates (subject to hydrolysis) is 1. The predicted octanol–water partition coefficient (Wildman–Crippen LogP) is 4.89. The number of H-pyrrole nitrogens is 1. The van der Waals surface area contributed by atoms with Gasteiger partial charge in [-0.25, -0.2) is 4.79 Å². The van der Waals surface area contributed by atoms with Gasteiger partial charge in [0.1, 0.15) is 11.6 Å². The van der Waals surface area contributed by atoms with E-state index in [1.165, 1.54) is 0 Å². The normalized spacial score (nSPS) is 16.5. The van der Waals surface area contributed by atoms with Crippen molar-refractivity contribution in [3.05, 3.63) is 83.9 Å². The predicted molar refractivity (Wildman–Crippen MR) is 189 cm³/mol. The van der Waals surface area contributed by atoms with Crippen LogP contribution < -0.4 is 21.3 Å². The van der Waals surface area contributed by atoms with Crippen molar-refractivity contribution in [2.75, 3.05) is 18.9 Å². The monoisotopic (exact) mass is 680 g/mol. The molecule has 50 heavy (non-hydrogen) atoms. The topological polar surface area (TPSA) is 180 Å². The molecule has 0 unspecified atom stereocenters. The van der Waals surface area contributed by atoms with Crippen molar-refractivity contribution >= 4 is 29.5 Å². The number of aromatic amines is 1. The molecule has 5 N–H and O–H groups in total. The molecule has 0 spiro atoms. The molecule has 4 aromatic rings. The van der Waals surface area contributed by atoms with E-state index in [9.17, 15) is 19.2 Å². The summed E-state index contributed by atoms with van der Waals surface area (Å²) in [5.41, 5.74) is 3.78. The van der Waals surface area contributed by atoms with E-state index >= 15 is 0 Å². The van der Waals surface area contributed by atoms with Gasteiger partial charge in [-0.2, -0.15) is 5.21 Å². The Balaban J connectivity index is 1.26. The van der Waals surface area contributed by atoms with Gasteiger partial charge in [0, 0.05) is 42.7 Å². The maximum absolute atomic E-state index is 13.7. The SMILES string of the molecule is CNC(=O)c1ccccc1-c1ccc(C[C@H](NC(=O)C2CCC(CNC(=O)OC(C)(C)C)CC2)C(=O)Nc2ccc(-c3nn[nH]n3)cc2)cc1. The molecule has 0 bridgehead atoms. The van der Waals surface area contributed by atoms with Crippen LogP contribution in [-0.4, -0.2) is 69.7 Å². The van der Waals surface area contributed by atoms with Gasteiger partial charge in [-0.05, 0) is 105 Å². The molecule has 1 saturated carbocycles. The number of tetrazole rings is 1. The Morgan fingerprint density at radius 2 is 1.58 bits per heavy atom. The smallest absolute Gasteiger partial charge is 0.407 e. The quantitative estimate of drug-likeness (QED) is 0.149. The van der Waals surface area contributed by atoms with Crippen molar-refractivity contribution in [3.63, 3.8) is 0 Å². The van der Waals surface area contributed by atoms with Crippen LogP contribution in [0.1, 0.15) is 62.4 Å². The second kappa shape index (κ2) is 16.2. The standard InChI is InChI=1S/C37H44N8O5/c1-37(2,3)50-36(49)39-22-24-11-15-27(16-12-24)33(46)41-31(35(48)40-28-19-17-26(18-20-28)32-42-44-45-43-32)21-23-9-13-25(14-10-23)29-7-5-6-8-30(29)34(47)38-4/h5-10,13-14,17-20,24,27,31H,11-12,15-16,21-22H2,1-4H3,(H,38,47)(H,39,49)(H,40,48)(H,41,46)(H,42,43,44,45)/t24?,27?,31-/m0/s1. The minimum absolute atomic E-state index is 0.174. The molecule has 1 aliphatic rings. The zero-order valence-electron chi connectivity index (χ0n) is 28.8. The van der Waals surface area contributed by atoms with E-state index in [0.29, 0.717) is 36.5 Å². The van der Waals surface area contributed by atoms with Gasteiger partial charge in [0.15, 0.2) is 0 Å².